The van der Waals surface area contributed by atoms with Gasteiger partial charge in [0.05, 0.1) is 0 Å². The Morgan fingerprint density at radius 3 is 2.89 bits per heavy atom. The van der Waals surface area contributed by atoms with E-state index in [1.165, 1.54) is 7.11 Å². The van der Waals surface area contributed by atoms with Crippen LogP contribution in [0.3, 0.4) is 0 Å². The summed E-state index contributed by atoms with van der Waals surface area (Å²) in [7, 11) is 1.46. The summed E-state index contributed by atoms with van der Waals surface area (Å²) in [4.78, 5) is 10.5. The molecule has 0 aromatic carbocycles. The number of carbonyl (C=O) groups is 1. The number of nitrogens with one attached hydrogen (secondary N) is 2. The third kappa shape index (κ3) is 5.26. The molecule has 0 saturated carbocycles. The van der Waals surface area contributed by atoms with Crippen LogP contribution in [0, 0.1) is 0 Å². The molecule has 0 bridgehead atoms. The van der Waals surface area contributed by atoms with Crippen molar-refractivity contribution in [2.24, 2.45) is 0 Å². The second-order valence-corrected chi connectivity index (χ2v) is 1.53. The average molecular weight is 131 g/mol. The fourth-order valence-electron chi connectivity index (χ4n) is 0.384. The van der Waals surface area contributed by atoms with Gasteiger partial charge in [0.1, 0.15) is 6.61 Å². The van der Waals surface area contributed by atoms with Crippen LogP contribution in [0.2, 0.25) is 0 Å². The number of ether oxygens (including phenoxy) is 1. The van der Waals surface area contributed by atoms with E-state index < -0.39 is 0 Å². The summed E-state index contributed by atoms with van der Waals surface area (Å²) in [5.74, 6) is -0.162. The van der Waals surface area contributed by atoms with Crippen molar-refractivity contribution >= 4 is 5.91 Å². The van der Waals surface area contributed by atoms with E-state index in [4.69, 9.17) is 5.73 Å². The van der Waals surface area contributed by atoms with E-state index in [0.717, 1.165) is 0 Å². The number of carbonyl (C=O) groups excluding carboxylic acids is 1. The maximum Gasteiger partial charge on any atom is 0.246 e. The zero-order valence-corrected chi connectivity index (χ0v) is 5.44. The second kappa shape index (κ2) is 5.53. The summed E-state index contributed by atoms with van der Waals surface area (Å²) >= 11 is 0. The van der Waals surface area contributed by atoms with Crippen LogP contribution in [-0.4, -0.2) is 32.7 Å². The molecule has 0 rings (SSSR count). The largest absolute Gasteiger partial charge is 0.375 e. The predicted octanol–water partition coefficient (Wildman–Crippen LogP) is -0.968. The van der Waals surface area contributed by atoms with Crippen LogP contribution in [0.15, 0.2) is 0 Å². The van der Waals surface area contributed by atoms with Gasteiger partial charge in [-0.3, -0.25) is 10.5 Å². The van der Waals surface area contributed by atoms with Crippen molar-refractivity contribution in [3.63, 3.8) is 0 Å². The van der Waals surface area contributed by atoms with Gasteiger partial charge in [-0.05, 0) is 0 Å². The van der Waals surface area contributed by atoms with Gasteiger partial charge in [0.25, 0.3) is 0 Å². The molecule has 2 N–H and O–H groups in total. The molecule has 0 unspecified atom stereocenters. The van der Waals surface area contributed by atoms with E-state index in [0.29, 0.717) is 6.54 Å². The molecule has 0 spiro atoms. The molecule has 0 heterocycles. The van der Waals surface area contributed by atoms with E-state index in [2.05, 4.69) is 10.1 Å². The van der Waals surface area contributed by atoms with E-state index in [9.17, 15) is 4.79 Å². The molecule has 0 aromatic heterocycles. The first kappa shape index (κ1) is 8.39. The smallest absolute Gasteiger partial charge is 0.246 e. The predicted molar refractivity (Wildman–Crippen MR) is 32.8 cm³/mol. The molecule has 53 valence electrons. The third-order valence-corrected chi connectivity index (χ3v) is 0.723. The summed E-state index contributed by atoms with van der Waals surface area (Å²) in [6.45, 7) is 0.706. The molecule has 0 saturated heterocycles. The molecular weight excluding hydrogens is 120 g/mol. The quantitative estimate of drug-likeness (QED) is 0.533. The summed E-state index contributed by atoms with van der Waals surface area (Å²) in [6.07, 6.45) is 0. The van der Waals surface area contributed by atoms with Crippen LogP contribution >= 0.6 is 0 Å². The van der Waals surface area contributed by atoms with E-state index in [1.807, 2.05) is 0 Å². The SMILES string of the molecule is COCC(=O)NCC[NH]. The third-order valence-electron chi connectivity index (χ3n) is 0.723. The van der Waals surface area contributed by atoms with Gasteiger partial charge in [-0.1, -0.05) is 0 Å². The van der Waals surface area contributed by atoms with Crippen molar-refractivity contribution in [1.29, 1.82) is 0 Å². The standard InChI is InChI=1S/C5H11N2O2/c1-9-4-5(8)7-3-2-6/h6H,2-4H2,1H3,(H,7,8). The van der Waals surface area contributed by atoms with Crippen LogP contribution in [0.4, 0.5) is 0 Å². The number of hydrogen-bond donors (Lipinski definition) is 1. The summed E-state index contributed by atoms with van der Waals surface area (Å²) in [5.41, 5.74) is 6.67. The molecule has 0 aliphatic heterocycles. The first-order chi connectivity index (χ1) is 4.31. The number of methoxy groups -OCH3 is 1. The number of amides is 1. The molecule has 4 heteroatoms. The topological polar surface area (TPSA) is 62.1 Å². The Morgan fingerprint density at radius 2 is 2.44 bits per heavy atom. The lowest BCUT2D eigenvalue weighted by molar-refractivity contribution is -0.124. The van der Waals surface area contributed by atoms with Gasteiger partial charge in [-0.15, -0.1) is 0 Å². The van der Waals surface area contributed by atoms with Gasteiger partial charge in [-0.2, -0.15) is 0 Å². The van der Waals surface area contributed by atoms with Crippen molar-refractivity contribution in [3.05, 3.63) is 0 Å². The normalized spacial score (nSPS) is 9.11. The maximum absolute atomic E-state index is 10.5. The molecule has 0 aromatic rings. The van der Waals surface area contributed by atoms with Crippen molar-refractivity contribution in [1.82, 2.24) is 11.1 Å². The molecule has 0 aliphatic rings. The van der Waals surface area contributed by atoms with Crippen LogP contribution in [0.25, 0.3) is 0 Å². The highest BCUT2D eigenvalue weighted by molar-refractivity contribution is 5.77. The summed E-state index contributed by atoms with van der Waals surface area (Å²) in [5, 5.41) is 2.48. The Kier molecular flexibility index (Phi) is 5.15. The zero-order chi connectivity index (χ0) is 7.11. The highest BCUT2D eigenvalue weighted by Gasteiger charge is 1.95. The van der Waals surface area contributed by atoms with Crippen molar-refractivity contribution in [3.8, 4) is 0 Å². The minimum absolute atomic E-state index is 0.0833. The van der Waals surface area contributed by atoms with Crippen LogP contribution in [0.5, 0.6) is 0 Å². The highest BCUT2D eigenvalue weighted by atomic mass is 16.5. The van der Waals surface area contributed by atoms with Crippen LogP contribution < -0.4 is 11.1 Å². The summed E-state index contributed by atoms with van der Waals surface area (Å²) < 4.78 is 4.53. The minimum Gasteiger partial charge on any atom is -0.375 e. The lowest BCUT2D eigenvalue weighted by Gasteiger charge is -1.99. The number of rotatable bonds is 4. The van der Waals surface area contributed by atoms with Gasteiger partial charge in [0.15, 0.2) is 0 Å². The minimum atomic E-state index is -0.162. The van der Waals surface area contributed by atoms with Gasteiger partial charge in [-0.25, -0.2) is 0 Å². The highest BCUT2D eigenvalue weighted by Crippen LogP contribution is 1.66. The van der Waals surface area contributed by atoms with Gasteiger partial charge in [0.2, 0.25) is 5.91 Å². The Labute approximate surface area is 54.4 Å². The fourth-order valence-corrected chi connectivity index (χ4v) is 0.384. The zero-order valence-electron chi connectivity index (χ0n) is 5.44. The molecule has 0 fully saturated rings. The molecule has 4 nitrogen and oxygen atoms in total. The van der Waals surface area contributed by atoms with Crippen LogP contribution in [0.1, 0.15) is 0 Å². The molecule has 0 atom stereocenters. The van der Waals surface area contributed by atoms with Crippen molar-refractivity contribution in [2.45, 2.75) is 0 Å². The summed E-state index contributed by atoms with van der Waals surface area (Å²) in [6, 6.07) is 0. The Balaban J connectivity index is 3.06. The van der Waals surface area contributed by atoms with Crippen molar-refractivity contribution in [2.75, 3.05) is 26.8 Å². The fraction of sp³-hybridized carbons (Fsp3) is 0.800. The van der Waals surface area contributed by atoms with E-state index in [1.54, 1.807) is 0 Å². The van der Waals surface area contributed by atoms with Gasteiger partial charge < -0.3 is 10.1 Å². The Bertz CT molecular complexity index is 85.0. The number of hydrogen-bond acceptors (Lipinski definition) is 2. The van der Waals surface area contributed by atoms with Crippen molar-refractivity contribution < 1.29 is 9.53 Å². The lowest BCUT2D eigenvalue weighted by atomic mass is 10.6. The Morgan fingerprint density at radius 1 is 1.78 bits per heavy atom. The van der Waals surface area contributed by atoms with Gasteiger partial charge >= 0.3 is 0 Å². The first-order valence-corrected chi connectivity index (χ1v) is 2.71. The average Bonchev–Trinajstić information content (AvgIpc) is 1.85. The van der Waals surface area contributed by atoms with Gasteiger partial charge in [0, 0.05) is 20.2 Å². The first-order valence-electron chi connectivity index (χ1n) is 2.71. The molecule has 1 amide bonds. The molecular formula is C5H11N2O2. The monoisotopic (exact) mass is 131 g/mol. The maximum atomic E-state index is 10.5. The molecule has 9 heavy (non-hydrogen) atoms. The second-order valence-electron chi connectivity index (χ2n) is 1.53. The van der Waals surface area contributed by atoms with E-state index in [-0.39, 0.29) is 19.1 Å². The Hall–Kier alpha value is -0.610. The lowest BCUT2D eigenvalue weighted by Crippen LogP contribution is -2.29. The molecule has 1 radical (unpaired) electrons. The van der Waals surface area contributed by atoms with E-state index >= 15 is 0 Å². The van der Waals surface area contributed by atoms with Crippen LogP contribution in [-0.2, 0) is 9.53 Å². The molecule has 0 aliphatic carbocycles.